The Morgan fingerprint density at radius 3 is 2.42 bits per heavy atom. The topological polar surface area (TPSA) is 37.3 Å². The molecule has 0 aromatic heterocycles. The molecule has 0 aromatic rings. The number of carbonyl (C=O) groups is 1. The van der Waals surface area contributed by atoms with Crippen molar-refractivity contribution in [3.8, 4) is 0 Å². The van der Waals surface area contributed by atoms with Gasteiger partial charge in [0.15, 0.2) is 0 Å². The summed E-state index contributed by atoms with van der Waals surface area (Å²) in [6.07, 6.45) is 9.70. The predicted octanol–water partition coefficient (Wildman–Crippen LogP) is 5.13. The first-order valence-electron chi connectivity index (χ1n) is 6.40. The van der Waals surface area contributed by atoms with Crippen molar-refractivity contribution in [3.63, 3.8) is 0 Å². The highest BCUT2D eigenvalue weighted by molar-refractivity contribution is 6.44. The van der Waals surface area contributed by atoms with Gasteiger partial charge in [-0.1, -0.05) is 37.1 Å². The van der Waals surface area contributed by atoms with Crippen molar-refractivity contribution in [2.24, 2.45) is 5.92 Å². The van der Waals surface area contributed by atoms with Gasteiger partial charge in [-0.05, 0) is 38.2 Å². The van der Waals surface area contributed by atoms with Gasteiger partial charge in [0.25, 0.3) is 0 Å². The molecule has 0 saturated carbocycles. The van der Waals surface area contributed by atoms with Crippen molar-refractivity contribution in [3.05, 3.63) is 35.5 Å². The van der Waals surface area contributed by atoms with Crippen LogP contribution in [0.5, 0.6) is 0 Å². The van der Waals surface area contributed by atoms with Crippen LogP contribution in [-0.4, -0.2) is 15.9 Å². The van der Waals surface area contributed by atoms with Gasteiger partial charge in [-0.3, -0.25) is 0 Å². The third kappa shape index (κ3) is 9.80. The van der Waals surface area contributed by atoms with Crippen LogP contribution in [0.3, 0.4) is 0 Å². The molecule has 0 bridgehead atoms. The molecule has 19 heavy (non-hydrogen) atoms. The van der Waals surface area contributed by atoms with E-state index in [1.54, 1.807) is 13.0 Å². The highest BCUT2D eigenvalue weighted by atomic mass is 35.5. The fraction of sp³-hybridized carbons (Fsp3) is 0.533. The first kappa shape index (κ1) is 18.3. The lowest BCUT2D eigenvalue weighted by Crippen LogP contribution is -2.07. The number of carboxylic acids is 1. The maximum atomic E-state index is 10.4. The van der Waals surface area contributed by atoms with Gasteiger partial charge in [0.05, 0.1) is 0 Å². The summed E-state index contributed by atoms with van der Waals surface area (Å²) in [5.41, 5.74) is 1.94. The summed E-state index contributed by atoms with van der Waals surface area (Å²) in [6, 6.07) is 0. The largest absolute Gasteiger partial charge is 0.478 e. The second-order valence-electron chi connectivity index (χ2n) is 4.64. The zero-order valence-corrected chi connectivity index (χ0v) is 13.2. The molecule has 0 radical (unpaired) electrons. The Labute approximate surface area is 125 Å². The Morgan fingerprint density at radius 1 is 1.32 bits per heavy atom. The minimum atomic E-state index is -0.927. The molecule has 4 heteroatoms. The van der Waals surface area contributed by atoms with Crippen LogP contribution in [0.15, 0.2) is 35.5 Å². The number of halogens is 2. The molecule has 0 rings (SSSR count). The molecular formula is C15H22Cl2O2. The lowest BCUT2D eigenvalue weighted by atomic mass is 9.99. The minimum absolute atomic E-state index is 0.311. The third-order valence-corrected chi connectivity index (χ3v) is 3.59. The summed E-state index contributed by atoms with van der Waals surface area (Å²) >= 11 is 11.8. The molecule has 0 amide bonds. The summed E-state index contributed by atoms with van der Waals surface area (Å²) in [4.78, 5) is 10.1. The third-order valence-electron chi connectivity index (χ3n) is 2.88. The smallest absolute Gasteiger partial charge is 0.328 e. The van der Waals surface area contributed by atoms with E-state index in [1.165, 1.54) is 11.6 Å². The van der Waals surface area contributed by atoms with Gasteiger partial charge in [-0.25, -0.2) is 4.79 Å². The zero-order chi connectivity index (χ0) is 14.8. The van der Waals surface area contributed by atoms with E-state index in [4.69, 9.17) is 28.3 Å². The van der Waals surface area contributed by atoms with E-state index in [0.29, 0.717) is 11.5 Å². The zero-order valence-electron chi connectivity index (χ0n) is 11.7. The Bertz CT molecular complexity index is 368. The molecule has 0 aromatic carbocycles. The molecule has 0 aliphatic heterocycles. The van der Waals surface area contributed by atoms with Crippen LogP contribution in [0.1, 0.15) is 40.0 Å². The molecule has 0 heterocycles. The first-order valence-corrected chi connectivity index (χ1v) is 7.27. The molecule has 0 aliphatic carbocycles. The summed E-state index contributed by atoms with van der Waals surface area (Å²) in [7, 11) is 0. The maximum Gasteiger partial charge on any atom is 0.328 e. The summed E-state index contributed by atoms with van der Waals surface area (Å²) in [5.74, 6) is -0.604. The molecule has 0 fully saturated rings. The van der Waals surface area contributed by atoms with Gasteiger partial charge < -0.3 is 5.11 Å². The van der Waals surface area contributed by atoms with Crippen LogP contribution in [0.4, 0.5) is 0 Å². The molecule has 108 valence electrons. The lowest BCUT2D eigenvalue weighted by molar-refractivity contribution is -0.131. The van der Waals surface area contributed by atoms with Crippen molar-refractivity contribution < 1.29 is 9.90 Å². The fourth-order valence-corrected chi connectivity index (χ4v) is 2.22. The van der Waals surface area contributed by atoms with Gasteiger partial charge >= 0.3 is 5.97 Å². The maximum absolute atomic E-state index is 10.4. The number of rotatable bonds is 8. The number of carboxylic acid groups (broad SMARTS) is 1. The molecule has 0 aliphatic rings. The van der Waals surface area contributed by atoms with Crippen LogP contribution in [0.25, 0.3) is 0 Å². The van der Waals surface area contributed by atoms with E-state index >= 15 is 0 Å². The second kappa shape index (κ2) is 10.1. The van der Waals surface area contributed by atoms with Gasteiger partial charge in [0.2, 0.25) is 0 Å². The van der Waals surface area contributed by atoms with Crippen LogP contribution in [0.2, 0.25) is 0 Å². The van der Waals surface area contributed by atoms with E-state index in [1.807, 2.05) is 19.1 Å². The Morgan fingerprint density at radius 2 is 1.95 bits per heavy atom. The quantitative estimate of drug-likeness (QED) is 0.383. The van der Waals surface area contributed by atoms with E-state index in [2.05, 4.69) is 6.92 Å². The summed E-state index contributed by atoms with van der Waals surface area (Å²) in [5, 5.41) is 8.57. The van der Waals surface area contributed by atoms with Crippen molar-refractivity contribution in [2.75, 3.05) is 0 Å². The lowest BCUT2D eigenvalue weighted by Gasteiger charge is -2.15. The van der Waals surface area contributed by atoms with Gasteiger partial charge in [0.1, 0.15) is 4.84 Å². The molecular weight excluding hydrogens is 283 g/mol. The fourth-order valence-electron chi connectivity index (χ4n) is 1.61. The SMILES string of the molecule is CCC(CCC(C)=CC=CC(C)=CC(=O)O)C(Cl)Cl. The number of allylic oxidation sites excluding steroid dienone is 5. The normalized spacial score (nSPS) is 15.3. The summed E-state index contributed by atoms with van der Waals surface area (Å²) in [6.45, 7) is 5.89. The van der Waals surface area contributed by atoms with E-state index in [0.717, 1.165) is 19.3 Å². The van der Waals surface area contributed by atoms with Crippen LogP contribution in [-0.2, 0) is 4.79 Å². The number of aliphatic carboxylic acids is 1. The molecule has 2 nitrogen and oxygen atoms in total. The predicted molar refractivity (Wildman–Crippen MR) is 82.8 cm³/mol. The Hall–Kier alpha value is -0.730. The van der Waals surface area contributed by atoms with Gasteiger partial charge in [-0.2, -0.15) is 0 Å². The highest BCUT2D eigenvalue weighted by Gasteiger charge is 2.14. The van der Waals surface area contributed by atoms with Crippen molar-refractivity contribution in [1.82, 2.24) is 0 Å². The molecule has 0 saturated heterocycles. The second-order valence-corrected chi connectivity index (χ2v) is 5.80. The molecule has 1 atom stereocenters. The van der Waals surface area contributed by atoms with Crippen molar-refractivity contribution in [1.29, 1.82) is 0 Å². The van der Waals surface area contributed by atoms with Crippen molar-refractivity contribution in [2.45, 2.75) is 44.9 Å². The van der Waals surface area contributed by atoms with E-state index < -0.39 is 5.97 Å². The Balaban J connectivity index is 4.28. The average Bonchev–Trinajstić information content (AvgIpc) is 2.28. The van der Waals surface area contributed by atoms with Gasteiger partial charge in [-0.15, -0.1) is 23.2 Å². The first-order chi connectivity index (χ1) is 8.86. The number of hydrogen-bond donors (Lipinski definition) is 1. The van der Waals surface area contributed by atoms with Crippen LogP contribution >= 0.6 is 23.2 Å². The highest BCUT2D eigenvalue weighted by Crippen LogP contribution is 2.25. The Kier molecular flexibility index (Phi) is 9.72. The minimum Gasteiger partial charge on any atom is -0.478 e. The molecule has 1 N–H and O–H groups in total. The molecule has 1 unspecified atom stereocenters. The van der Waals surface area contributed by atoms with E-state index in [-0.39, 0.29) is 4.84 Å². The van der Waals surface area contributed by atoms with E-state index in [9.17, 15) is 4.79 Å². The standard InChI is InChI=1S/C15H22Cl2O2/c1-4-13(15(16)17)9-8-11(2)6-5-7-12(3)10-14(18)19/h5-7,10,13,15H,4,8-9H2,1-3H3,(H,18,19). The number of alkyl halides is 2. The summed E-state index contributed by atoms with van der Waals surface area (Å²) < 4.78 is 0. The van der Waals surface area contributed by atoms with Gasteiger partial charge in [0, 0.05) is 6.08 Å². The number of hydrogen-bond acceptors (Lipinski definition) is 1. The van der Waals surface area contributed by atoms with Crippen molar-refractivity contribution >= 4 is 29.2 Å². The van der Waals surface area contributed by atoms with Crippen LogP contribution < -0.4 is 0 Å². The average molecular weight is 305 g/mol. The monoisotopic (exact) mass is 304 g/mol. The van der Waals surface area contributed by atoms with Crippen LogP contribution in [0, 0.1) is 5.92 Å². The molecule has 0 spiro atoms.